The normalized spacial score (nSPS) is 12.1. The summed E-state index contributed by atoms with van der Waals surface area (Å²) < 4.78 is 42.8. The Kier molecular flexibility index (Phi) is 4.53. The van der Waals surface area contributed by atoms with Gasteiger partial charge in [-0.05, 0) is 12.1 Å². The highest BCUT2D eigenvalue weighted by Gasteiger charge is 2.35. The van der Waals surface area contributed by atoms with E-state index in [0.29, 0.717) is 17.5 Å². The Morgan fingerprint density at radius 1 is 1.39 bits per heavy atom. The number of aromatic amines is 1. The number of rotatable bonds is 3. The molecule has 2 rings (SSSR count). The van der Waals surface area contributed by atoms with Gasteiger partial charge in [-0.15, -0.1) is 4.98 Å². The number of halogens is 3. The van der Waals surface area contributed by atoms with Crippen LogP contribution in [0.5, 0.6) is 5.75 Å². The second-order valence-electron chi connectivity index (χ2n) is 4.37. The third-order valence-electron chi connectivity index (χ3n) is 2.63. The van der Waals surface area contributed by atoms with Crippen LogP contribution in [0.15, 0.2) is 35.1 Å². The number of anilines is 1. The molecular formula is C13H13F3N5O2+. The smallest absolute Gasteiger partial charge is 0.443 e. The van der Waals surface area contributed by atoms with E-state index in [-0.39, 0.29) is 5.96 Å². The molecule has 5 N–H and O–H groups in total. The van der Waals surface area contributed by atoms with E-state index in [2.05, 4.69) is 20.3 Å². The molecule has 10 heteroatoms. The molecule has 122 valence electrons. The maximum atomic E-state index is 12.6. The first kappa shape index (κ1) is 16.3. The average molecular weight is 328 g/mol. The van der Waals surface area contributed by atoms with Crippen LogP contribution >= 0.6 is 0 Å². The van der Waals surface area contributed by atoms with Crippen LogP contribution < -0.4 is 26.3 Å². The van der Waals surface area contributed by atoms with Crippen molar-refractivity contribution in [2.45, 2.75) is 6.18 Å². The van der Waals surface area contributed by atoms with Crippen LogP contribution in [0.3, 0.4) is 0 Å². The lowest BCUT2D eigenvalue weighted by molar-refractivity contribution is -0.366. The fourth-order valence-corrected chi connectivity index (χ4v) is 1.68. The van der Waals surface area contributed by atoms with Crippen LogP contribution in [-0.2, 0) is 6.18 Å². The van der Waals surface area contributed by atoms with Crippen LogP contribution in [0.2, 0.25) is 0 Å². The van der Waals surface area contributed by atoms with Crippen molar-refractivity contribution in [1.29, 1.82) is 0 Å². The van der Waals surface area contributed by atoms with E-state index in [4.69, 9.17) is 10.5 Å². The van der Waals surface area contributed by atoms with Crippen LogP contribution in [-0.4, -0.2) is 23.0 Å². The molecule has 0 radical (unpaired) electrons. The van der Waals surface area contributed by atoms with Crippen molar-refractivity contribution in [3.63, 3.8) is 0 Å². The summed E-state index contributed by atoms with van der Waals surface area (Å²) in [5.41, 5.74) is 3.90. The molecule has 1 aromatic heterocycles. The largest absolute Gasteiger partial charge is 0.497 e. The molecule has 7 nitrogen and oxygen atoms in total. The Morgan fingerprint density at radius 2 is 2.13 bits per heavy atom. The molecule has 23 heavy (non-hydrogen) atoms. The second kappa shape index (κ2) is 6.38. The number of guanidine groups is 1. The SMILES string of the molecule is COc1cccc(NC(N)=[NH+]c2nc(C(F)(F)F)cc(=O)[nH]2)c1. The van der Waals surface area contributed by atoms with E-state index in [1.54, 1.807) is 24.3 Å². The zero-order valence-electron chi connectivity index (χ0n) is 11.9. The predicted molar refractivity (Wildman–Crippen MR) is 76.3 cm³/mol. The van der Waals surface area contributed by atoms with Gasteiger partial charge >= 0.3 is 12.1 Å². The molecule has 1 aromatic carbocycles. The summed E-state index contributed by atoms with van der Waals surface area (Å²) in [6.45, 7) is 0. The zero-order chi connectivity index (χ0) is 17.0. The van der Waals surface area contributed by atoms with Gasteiger partial charge in [-0.2, -0.15) is 13.2 Å². The van der Waals surface area contributed by atoms with Crippen molar-refractivity contribution in [3.05, 3.63) is 46.4 Å². The first-order valence-corrected chi connectivity index (χ1v) is 6.27. The molecule has 0 fully saturated rings. The fourth-order valence-electron chi connectivity index (χ4n) is 1.68. The van der Waals surface area contributed by atoms with E-state index in [0.717, 1.165) is 0 Å². The topological polar surface area (TPSA) is 107 Å². The first-order valence-electron chi connectivity index (χ1n) is 6.27. The lowest BCUT2D eigenvalue weighted by Gasteiger charge is -2.05. The minimum Gasteiger partial charge on any atom is -0.497 e. The Labute approximate surface area is 128 Å². The van der Waals surface area contributed by atoms with Crippen LogP contribution in [0, 0.1) is 0 Å². The third kappa shape index (κ3) is 4.46. The average Bonchev–Trinajstić information content (AvgIpc) is 2.45. The number of hydrogen-bond acceptors (Lipinski definition) is 3. The Bertz CT molecular complexity index is 786. The summed E-state index contributed by atoms with van der Waals surface area (Å²) in [6, 6.07) is 7.05. The van der Waals surface area contributed by atoms with Gasteiger partial charge in [0, 0.05) is 6.07 Å². The molecule has 0 saturated carbocycles. The molecule has 0 unspecified atom stereocenters. The number of hydrogen-bond donors (Lipinski definition) is 4. The second-order valence-corrected chi connectivity index (χ2v) is 4.37. The molecule has 0 amide bonds. The summed E-state index contributed by atoms with van der Waals surface area (Å²) in [6.07, 6.45) is -4.74. The standard InChI is InChI=1S/C13H12F3N5O2/c1-23-8-4-2-3-7(5-8)18-11(17)21-12-19-9(13(14,15)16)6-10(22)20-12/h2-6H,1H3,(H4,17,18,19,20,21,22)/p+1. The van der Waals surface area contributed by atoms with Gasteiger partial charge in [0.2, 0.25) is 0 Å². The van der Waals surface area contributed by atoms with E-state index in [1.807, 2.05) is 0 Å². The number of alkyl halides is 3. The summed E-state index contributed by atoms with van der Waals surface area (Å²) in [5.74, 6) is 0.00634. The molecular weight excluding hydrogens is 315 g/mol. The van der Waals surface area contributed by atoms with E-state index >= 15 is 0 Å². The highest BCUT2D eigenvalue weighted by Crippen LogP contribution is 2.26. The molecule has 0 aliphatic rings. The van der Waals surface area contributed by atoms with Crippen molar-refractivity contribution in [2.75, 3.05) is 12.4 Å². The number of benzene rings is 1. The summed E-state index contributed by atoms with van der Waals surface area (Å²) >= 11 is 0. The number of ether oxygens (including phenoxy) is 1. The monoisotopic (exact) mass is 328 g/mol. The minimum absolute atomic E-state index is 0.124. The molecule has 0 aliphatic carbocycles. The zero-order valence-corrected chi connectivity index (χ0v) is 11.9. The van der Waals surface area contributed by atoms with Crippen molar-refractivity contribution in [2.24, 2.45) is 5.73 Å². The minimum atomic E-state index is -4.74. The number of aromatic nitrogens is 2. The number of nitrogens with one attached hydrogen (secondary N) is 3. The van der Waals surface area contributed by atoms with Gasteiger partial charge in [0.15, 0.2) is 5.69 Å². The molecule has 0 bridgehead atoms. The van der Waals surface area contributed by atoms with Crippen LogP contribution in [0.1, 0.15) is 5.69 Å². The maximum absolute atomic E-state index is 12.6. The van der Waals surface area contributed by atoms with E-state index in [1.165, 1.54) is 7.11 Å². The molecule has 2 aromatic rings. The number of methoxy groups -OCH3 is 1. The summed E-state index contributed by atoms with van der Waals surface area (Å²) in [4.78, 5) is 19.0. The summed E-state index contributed by atoms with van der Waals surface area (Å²) in [7, 11) is 1.49. The first-order chi connectivity index (χ1) is 10.8. The lowest BCUT2D eigenvalue weighted by atomic mass is 10.3. The predicted octanol–water partition coefficient (Wildman–Crippen LogP) is -0.0638. The van der Waals surface area contributed by atoms with Crippen LogP contribution in [0.4, 0.5) is 24.8 Å². The lowest BCUT2D eigenvalue weighted by Crippen LogP contribution is -2.73. The van der Waals surface area contributed by atoms with Gasteiger partial charge in [0.05, 0.1) is 18.9 Å². The Hall–Kier alpha value is -3.04. The Morgan fingerprint density at radius 3 is 2.78 bits per heavy atom. The number of nitrogens with two attached hydrogens (primary N) is 1. The van der Waals surface area contributed by atoms with Gasteiger partial charge in [-0.25, -0.2) is 9.98 Å². The highest BCUT2D eigenvalue weighted by molar-refractivity contribution is 5.88. The van der Waals surface area contributed by atoms with Crippen LogP contribution in [0.25, 0.3) is 0 Å². The molecule has 0 atom stereocenters. The van der Waals surface area contributed by atoms with Crippen molar-refractivity contribution in [3.8, 4) is 5.75 Å². The molecule has 0 saturated heterocycles. The van der Waals surface area contributed by atoms with Crippen molar-refractivity contribution < 1.29 is 22.9 Å². The summed E-state index contributed by atoms with van der Waals surface area (Å²) in [5, 5.41) is 2.70. The fraction of sp³-hybridized carbons (Fsp3) is 0.154. The van der Waals surface area contributed by atoms with Gasteiger partial charge < -0.3 is 10.5 Å². The maximum Gasteiger partial charge on any atom is 0.443 e. The molecule has 0 aliphatic heterocycles. The molecule has 0 spiro atoms. The van der Waals surface area contributed by atoms with Gasteiger partial charge in [-0.1, -0.05) is 6.07 Å². The van der Waals surface area contributed by atoms with Gasteiger partial charge in [0.1, 0.15) is 5.75 Å². The number of H-pyrrole nitrogens is 1. The Balaban J connectivity index is 2.27. The van der Waals surface area contributed by atoms with Gasteiger partial charge in [-0.3, -0.25) is 10.1 Å². The highest BCUT2D eigenvalue weighted by atomic mass is 19.4. The third-order valence-corrected chi connectivity index (χ3v) is 2.63. The quantitative estimate of drug-likeness (QED) is 0.466. The van der Waals surface area contributed by atoms with E-state index < -0.39 is 23.4 Å². The number of nitrogens with zero attached hydrogens (tertiary/aromatic N) is 1. The molecule has 1 heterocycles. The van der Waals surface area contributed by atoms with E-state index in [9.17, 15) is 18.0 Å². The van der Waals surface area contributed by atoms with Crippen molar-refractivity contribution >= 4 is 17.6 Å². The van der Waals surface area contributed by atoms with Crippen molar-refractivity contribution in [1.82, 2.24) is 9.97 Å². The van der Waals surface area contributed by atoms with Gasteiger partial charge in [0.25, 0.3) is 11.5 Å².